The van der Waals surface area contributed by atoms with Gasteiger partial charge >= 0.3 is 0 Å². The van der Waals surface area contributed by atoms with Crippen LogP contribution in [0.3, 0.4) is 0 Å². The highest BCUT2D eigenvalue weighted by molar-refractivity contribution is 5.94. The van der Waals surface area contributed by atoms with Crippen molar-refractivity contribution in [2.24, 2.45) is 0 Å². The first-order chi connectivity index (χ1) is 11.5. The minimum absolute atomic E-state index is 0.0151. The first-order valence-electron chi connectivity index (χ1n) is 8.07. The Labute approximate surface area is 146 Å². The van der Waals surface area contributed by atoms with Gasteiger partial charge in [0.25, 0.3) is 5.91 Å². The standard InChI is InChI=1S/C20H23F2NO2/c1-19(2,3)14-7-5-13(6-8-14)18(24)23-12-20(4,25)16-10-9-15(21)11-17(16)22/h5-11,25H,12H2,1-4H3,(H,23,24)/t20-/m1/s1. The molecule has 0 radical (unpaired) electrons. The second-order valence-corrected chi connectivity index (χ2v) is 7.41. The molecule has 134 valence electrons. The molecule has 25 heavy (non-hydrogen) atoms. The Bertz CT molecular complexity index is 762. The summed E-state index contributed by atoms with van der Waals surface area (Å²) in [5.74, 6) is -1.95. The normalized spacial score (nSPS) is 14.0. The van der Waals surface area contributed by atoms with E-state index in [2.05, 4.69) is 26.1 Å². The van der Waals surface area contributed by atoms with E-state index in [1.54, 1.807) is 12.1 Å². The average Bonchev–Trinajstić information content (AvgIpc) is 2.51. The Balaban J connectivity index is 2.08. The number of nitrogens with one attached hydrogen (secondary N) is 1. The summed E-state index contributed by atoms with van der Waals surface area (Å²) in [5, 5.41) is 13.0. The molecule has 5 heteroatoms. The van der Waals surface area contributed by atoms with Crippen molar-refractivity contribution < 1.29 is 18.7 Å². The Hall–Kier alpha value is -2.27. The first-order valence-corrected chi connectivity index (χ1v) is 8.07. The number of hydrogen-bond donors (Lipinski definition) is 2. The minimum atomic E-state index is -1.65. The number of benzene rings is 2. The van der Waals surface area contributed by atoms with E-state index in [0.29, 0.717) is 11.6 Å². The SMILES string of the molecule is CC(C)(C)c1ccc(C(=O)NC[C@@](C)(O)c2ccc(F)cc2F)cc1. The summed E-state index contributed by atoms with van der Waals surface area (Å²) in [6, 6.07) is 10.1. The quantitative estimate of drug-likeness (QED) is 0.881. The van der Waals surface area contributed by atoms with Gasteiger partial charge in [-0.25, -0.2) is 8.78 Å². The molecule has 0 saturated carbocycles. The number of rotatable bonds is 4. The van der Waals surface area contributed by atoms with Gasteiger partial charge in [-0.1, -0.05) is 39.0 Å². The summed E-state index contributed by atoms with van der Waals surface area (Å²) >= 11 is 0. The van der Waals surface area contributed by atoms with Gasteiger partial charge in [0.1, 0.15) is 17.2 Å². The number of amides is 1. The topological polar surface area (TPSA) is 49.3 Å². The van der Waals surface area contributed by atoms with Gasteiger partial charge in [0, 0.05) is 17.2 Å². The highest BCUT2D eigenvalue weighted by Crippen LogP contribution is 2.24. The molecule has 0 unspecified atom stereocenters. The monoisotopic (exact) mass is 347 g/mol. The molecule has 2 aromatic carbocycles. The van der Waals surface area contributed by atoms with Crippen LogP contribution in [0.1, 0.15) is 49.2 Å². The molecule has 0 bridgehead atoms. The number of halogens is 2. The van der Waals surface area contributed by atoms with Crippen LogP contribution in [0.25, 0.3) is 0 Å². The third kappa shape index (κ3) is 4.63. The number of carbonyl (C=O) groups excluding carboxylic acids is 1. The summed E-state index contributed by atoms with van der Waals surface area (Å²) in [7, 11) is 0. The van der Waals surface area contributed by atoms with Crippen LogP contribution in [-0.4, -0.2) is 17.6 Å². The maximum absolute atomic E-state index is 13.8. The van der Waals surface area contributed by atoms with Crippen LogP contribution in [0, 0.1) is 11.6 Å². The lowest BCUT2D eigenvalue weighted by atomic mass is 9.86. The van der Waals surface area contributed by atoms with Crippen LogP contribution in [0.15, 0.2) is 42.5 Å². The van der Waals surface area contributed by atoms with Gasteiger partial charge in [-0.05, 0) is 36.1 Å². The summed E-state index contributed by atoms with van der Waals surface area (Å²) in [5.41, 5.74) is -0.192. The van der Waals surface area contributed by atoms with E-state index in [4.69, 9.17) is 0 Å². The molecule has 0 fully saturated rings. The molecule has 2 aromatic rings. The van der Waals surface area contributed by atoms with Gasteiger partial charge in [0.15, 0.2) is 0 Å². The summed E-state index contributed by atoms with van der Waals surface area (Å²) in [4.78, 5) is 12.2. The number of aliphatic hydroxyl groups is 1. The predicted octanol–water partition coefficient (Wildman–Crippen LogP) is 3.90. The van der Waals surface area contributed by atoms with E-state index < -0.39 is 17.2 Å². The van der Waals surface area contributed by atoms with Crippen LogP contribution >= 0.6 is 0 Å². The van der Waals surface area contributed by atoms with Crippen molar-refractivity contribution in [3.05, 3.63) is 70.8 Å². The lowest BCUT2D eigenvalue weighted by Crippen LogP contribution is -2.39. The molecule has 0 aliphatic rings. The second kappa shape index (κ2) is 6.92. The molecule has 0 aliphatic carbocycles. The van der Waals surface area contributed by atoms with Crippen LogP contribution in [0.4, 0.5) is 8.78 Å². The van der Waals surface area contributed by atoms with Crippen molar-refractivity contribution >= 4 is 5.91 Å². The highest BCUT2D eigenvalue weighted by Gasteiger charge is 2.27. The fourth-order valence-corrected chi connectivity index (χ4v) is 2.50. The maximum atomic E-state index is 13.8. The third-order valence-corrected chi connectivity index (χ3v) is 4.12. The second-order valence-electron chi connectivity index (χ2n) is 7.41. The lowest BCUT2D eigenvalue weighted by Gasteiger charge is -2.25. The van der Waals surface area contributed by atoms with E-state index in [1.165, 1.54) is 13.0 Å². The van der Waals surface area contributed by atoms with Crippen molar-refractivity contribution in [3.63, 3.8) is 0 Å². The number of carbonyl (C=O) groups is 1. The molecule has 2 N–H and O–H groups in total. The van der Waals surface area contributed by atoms with E-state index in [-0.39, 0.29) is 23.4 Å². The van der Waals surface area contributed by atoms with Crippen molar-refractivity contribution in [1.29, 1.82) is 0 Å². The molecule has 1 atom stereocenters. The van der Waals surface area contributed by atoms with E-state index in [0.717, 1.165) is 11.6 Å². The van der Waals surface area contributed by atoms with Crippen molar-refractivity contribution in [2.45, 2.75) is 38.7 Å². The van der Waals surface area contributed by atoms with Gasteiger partial charge in [-0.3, -0.25) is 4.79 Å². The van der Waals surface area contributed by atoms with E-state index >= 15 is 0 Å². The molecule has 3 nitrogen and oxygen atoms in total. The molecule has 1 amide bonds. The van der Waals surface area contributed by atoms with Gasteiger partial charge < -0.3 is 10.4 Å². The zero-order chi connectivity index (χ0) is 18.8. The predicted molar refractivity (Wildman–Crippen MR) is 93.4 cm³/mol. The molecular formula is C20H23F2NO2. The van der Waals surface area contributed by atoms with Crippen molar-refractivity contribution in [3.8, 4) is 0 Å². The Morgan fingerprint density at radius 1 is 1.04 bits per heavy atom. The summed E-state index contributed by atoms with van der Waals surface area (Å²) in [6.45, 7) is 7.41. The highest BCUT2D eigenvalue weighted by atomic mass is 19.1. The smallest absolute Gasteiger partial charge is 0.251 e. The zero-order valence-corrected chi connectivity index (χ0v) is 14.9. The molecule has 0 heterocycles. The van der Waals surface area contributed by atoms with Crippen LogP contribution in [0.2, 0.25) is 0 Å². The Kier molecular flexibility index (Phi) is 5.28. The molecule has 2 rings (SSSR count). The lowest BCUT2D eigenvalue weighted by molar-refractivity contribution is 0.0494. The fraction of sp³-hybridized carbons (Fsp3) is 0.350. The zero-order valence-electron chi connectivity index (χ0n) is 14.9. The summed E-state index contributed by atoms with van der Waals surface area (Å²) < 4.78 is 26.8. The average molecular weight is 347 g/mol. The minimum Gasteiger partial charge on any atom is -0.383 e. The largest absolute Gasteiger partial charge is 0.383 e. The molecule has 0 spiro atoms. The molecule has 0 aromatic heterocycles. The van der Waals surface area contributed by atoms with Gasteiger partial charge in [-0.15, -0.1) is 0 Å². The third-order valence-electron chi connectivity index (χ3n) is 4.12. The van der Waals surface area contributed by atoms with Gasteiger partial charge in [0.05, 0.1) is 6.54 Å². The van der Waals surface area contributed by atoms with Crippen LogP contribution in [0.5, 0.6) is 0 Å². The van der Waals surface area contributed by atoms with Crippen molar-refractivity contribution in [1.82, 2.24) is 5.32 Å². The Morgan fingerprint density at radius 2 is 1.64 bits per heavy atom. The summed E-state index contributed by atoms with van der Waals surface area (Å²) in [6.07, 6.45) is 0. The van der Waals surface area contributed by atoms with Gasteiger partial charge in [-0.2, -0.15) is 0 Å². The van der Waals surface area contributed by atoms with E-state index in [1.807, 2.05) is 12.1 Å². The maximum Gasteiger partial charge on any atom is 0.251 e. The van der Waals surface area contributed by atoms with Gasteiger partial charge in [0.2, 0.25) is 0 Å². The van der Waals surface area contributed by atoms with Crippen molar-refractivity contribution in [2.75, 3.05) is 6.54 Å². The van der Waals surface area contributed by atoms with E-state index in [9.17, 15) is 18.7 Å². The van der Waals surface area contributed by atoms with Crippen LogP contribution in [-0.2, 0) is 11.0 Å². The molecule has 0 aliphatic heterocycles. The first kappa shape index (κ1) is 19.1. The fourth-order valence-electron chi connectivity index (χ4n) is 2.50. The number of hydrogen-bond acceptors (Lipinski definition) is 2. The molecular weight excluding hydrogens is 324 g/mol. The van der Waals surface area contributed by atoms with Crippen LogP contribution < -0.4 is 5.32 Å². The molecule has 0 saturated heterocycles. The Morgan fingerprint density at radius 3 is 2.16 bits per heavy atom.